The quantitative estimate of drug-likeness (QED) is 0.719. The molecule has 1 rings (SSSR count). The molecule has 1 aromatic rings. The summed E-state index contributed by atoms with van der Waals surface area (Å²) >= 11 is 1.04. The van der Waals surface area contributed by atoms with Crippen LogP contribution in [0.25, 0.3) is 0 Å². The fourth-order valence-corrected chi connectivity index (χ4v) is 2.42. The van der Waals surface area contributed by atoms with E-state index < -0.39 is 21.9 Å². The van der Waals surface area contributed by atoms with Crippen LogP contribution in [0.4, 0.5) is 14.9 Å². The predicted molar refractivity (Wildman–Crippen MR) is 73.6 cm³/mol. The van der Waals surface area contributed by atoms with Crippen molar-refractivity contribution in [3.05, 3.63) is 29.6 Å². The molecule has 106 valence electrons. The number of anilines is 1. The molecule has 6 nitrogen and oxygen atoms in total. The fourth-order valence-electron chi connectivity index (χ4n) is 1.28. The Bertz CT molecular complexity index is 577. The molecule has 0 aromatic heterocycles. The van der Waals surface area contributed by atoms with Crippen LogP contribution in [-0.4, -0.2) is 20.7 Å². The maximum atomic E-state index is 13.7. The van der Waals surface area contributed by atoms with Gasteiger partial charge >= 0.3 is 6.03 Å². The maximum Gasteiger partial charge on any atom is 0.322 e. The second-order valence-electron chi connectivity index (χ2n) is 3.84. The van der Waals surface area contributed by atoms with Gasteiger partial charge in [0.1, 0.15) is 5.82 Å². The van der Waals surface area contributed by atoms with E-state index in [0.29, 0.717) is 5.56 Å². The summed E-state index contributed by atoms with van der Waals surface area (Å²) in [6.07, 6.45) is 0.940. The van der Waals surface area contributed by atoms with Crippen LogP contribution in [0.3, 0.4) is 0 Å². The van der Waals surface area contributed by atoms with Gasteiger partial charge in [-0.05, 0) is 36.6 Å². The van der Waals surface area contributed by atoms with Gasteiger partial charge in [-0.25, -0.2) is 17.6 Å². The second kappa shape index (κ2) is 6.11. The topological polar surface area (TPSA) is 101 Å². The van der Waals surface area contributed by atoms with Gasteiger partial charge in [-0.3, -0.25) is 9.44 Å². The number of urea groups is 1. The van der Waals surface area contributed by atoms with Crippen LogP contribution >= 0.6 is 11.9 Å². The van der Waals surface area contributed by atoms with Gasteiger partial charge in [0.25, 0.3) is 0 Å². The Morgan fingerprint density at radius 3 is 2.58 bits per heavy atom. The van der Waals surface area contributed by atoms with Crippen LogP contribution in [-0.2, 0) is 10.0 Å². The SMILES string of the molecule is CC(SNC(N)=O)c1ccc(NS(C)(=O)=O)c(F)c1. The molecular formula is C10H14FN3O3S2. The molecule has 1 aromatic carbocycles. The summed E-state index contributed by atoms with van der Waals surface area (Å²) in [7, 11) is -3.52. The van der Waals surface area contributed by atoms with Crippen LogP contribution in [0.5, 0.6) is 0 Å². The van der Waals surface area contributed by atoms with Crippen LogP contribution in [0.2, 0.25) is 0 Å². The minimum Gasteiger partial charge on any atom is -0.351 e. The summed E-state index contributed by atoms with van der Waals surface area (Å²) < 4.78 is 40.1. The van der Waals surface area contributed by atoms with Gasteiger partial charge in [-0.1, -0.05) is 6.07 Å². The van der Waals surface area contributed by atoms with E-state index in [4.69, 9.17) is 5.73 Å². The molecule has 0 heterocycles. The highest BCUT2D eigenvalue weighted by Gasteiger charge is 2.12. The normalized spacial score (nSPS) is 12.8. The number of benzene rings is 1. The monoisotopic (exact) mass is 307 g/mol. The van der Waals surface area contributed by atoms with Gasteiger partial charge in [0.15, 0.2) is 0 Å². The molecule has 2 amide bonds. The first-order valence-corrected chi connectivity index (χ1v) is 7.94. The van der Waals surface area contributed by atoms with Crippen molar-refractivity contribution in [2.45, 2.75) is 12.2 Å². The lowest BCUT2D eigenvalue weighted by molar-refractivity contribution is 0.254. The summed E-state index contributed by atoms with van der Waals surface area (Å²) in [6.45, 7) is 1.75. The van der Waals surface area contributed by atoms with Crippen molar-refractivity contribution < 1.29 is 17.6 Å². The molecule has 0 spiro atoms. The van der Waals surface area contributed by atoms with Gasteiger partial charge in [-0.15, -0.1) is 0 Å². The first-order chi connectivity index (χ1) is 8.69. The Balaban J connectivity index is 2.84. The number of amides is 2. The number of sulfonamides is 1. The molecule has 0 saturated carbocycles. The molecule has 19 heavy (non-hydrogen) atoms. The van der Waals surface area contributed by atoms with E-state index in [1.165, 1.54) is 12.1 Å². The maximum absolute atomic E-state index is 13.7. The van der Waals surface area contributed by atoms with E-state index in [1.54, 1.807) is 13.0 Å². The van der Waals surface area contributed by atoms with E-state index in [1.807, 2.05) is 0 Å². The van der Waals surface area contributed by atoms with Crippen LogP contribution in [0.15, 0.2) is 18.2 Å². The number of carbonyl (C=O) groups excluding carboxylic acids is 1. The van der Waals surface area contributed by atoms with Crippen molar-refractivity contribution in [2.24, 2.45) is 5.73 Å². The Kier molecular flexibility index (Phi) is 5.01. The summed E-state index contributed by atoms with van der Waals surface area (Å²) in [5, 5.41) is -0.228. The van der Waals surface area contributed by atoms with E-state index >= 15 is 0 Å². The third kappa shape index (κ3) is 5.35. The van der Waals surface area contributed by atoms with Crippen molar-refractivity contribution in [3.63, 3.8) is 0 Å². The van der Waals surface area contributed by atoms with Crippen LogP contribution in [0, 0.1) is 5.82 Å². The number of carbonyl (C=O) groups is 1. The smallest absolute Gasteiger partial charge is 0.322 e. The average molecular weight is 307 g/mol. The molecule has 1 atom stereocenters. The van der Waals surface area contributed by atoms with Crippen molar-refractivity contribution in [2.75, 3.05) is 11.0 Å². The molecule has 4 N–H and O–H groups in total. The molecule has 0 radical (unpaired) electrons. The molecular weight excluding hydrogens is 293 g/mol. The molecule has 0 bridgehead atoms. The van der Waals surface area contributed by atoms with Crippen LogP contribution in [0.1, 0.15) is 17.7 Å². The standard InChI is InChI=1S/C10H14FN3O3S2/c1-6(18-13-10(12)15)7-3-4-9(8(11)5-7)14-19(2,16)17/h3-6,14H,1-2H3,(H3,12,13,15). The van der Waals surface area contributed by atoms with Gasteiger partial charge in [0.2, 0.25) is 10.0 Å². The molecule has 0 aliphatic rings. The number of rotatable bonds is 5. The minimum absolute atomic E-state index is 0.119. The number of halogens is 1. The zero-order chi connectivity index (χ0) is 14.6. The Morgan fingerprint density at radius 2 is 2.11 bits per heavy atom. The number of hydrogen-bond donors (Lipinski definition) is 3. The van der Waals surface area contributed by atoms with E-state index in [9.17, 15) is 17.6 Å². The number of hydrogen-bond acceptors (Lipinski definition) is 4. The van der Waals surface area contributed by atoms with Gasteiger partial charge in [0, 0.05) is 5.25 Å². The first-order valence-electron chi connectivity index (χ1n) is 5.17. The molecule has 0 aliphatic heterocycles. The lowest BCUT2D eigenvalue weighted by Gasteiger charge is -2.13. The number of nitrogens with two attached hydrogens (primary N) is 1. The fraction of sp³-hybridized carbons (Fsp3) is 0.300. The first kappa shape index (κ1) is 15.6. The summed E-state index contributed by atoms with van der Waals surface area (Å²) in [6, 6.07) is 3.41. The average Bonchev–Trinajstić information content (AvgIpc) is 2.27. The Hall–Kier alpha value is -1.48. The van der Waals surface area contributed by atoms with Crippen molar-refractivity contribution >= 4 is 33.7 Å². The highest BCUT2D eigenvalue weighted by atomic mass is 32.2. The Morgan fingerprint density at radius 1 is 1.47 bits per heavy atom. The molecule has 1 unspecified atom stereocenters. The van der Waals surface area contributed by atoms with Crippen LogP contribution < -0.4 is 15.2 Å². The Labute approximate surface area is 115 Å². The number of primary amides is 1. The van der Waals surface area contributed by atoms with Crippen molar-refractivity contribution in [3.8, 4) is 0 Å². The highest BCUT2D eigenvalue weighted by Crippen LogP contribution is 2.28. The van der Waals surface area contributed by atoms with Crippen molar-refractivity contribution in [1.82, 2.24) is 4.72 Å². The predicted octanol–water partition coefficient (Wildman–Crippen LogP) is 1.57. The molecule has 0 saturated heterocycles. The summed E-state index contributed by atoms with van der Waals surface area (Å²) in [5.74, 6) is -0.686. The number of nitrogens with one attached hydrogen (secondary N) is 2. The van der Waals surface area contributed by atoms with E-state index in [-0.39, 0.29) is 10.9 Å². The van der Waals surface area contributed by atoms with Gasteiger partial charge in [-0.2, -0.15) is 0 Å². The molecule has 0 aliphatic carbocycles. The van der Waals surface area contributed by atoms with Gasteiger partial charge in [0.05, 0.1) is 11.9 Å². The third-order valence-electron chi connectivity index (χ3n) is 2.09. The third-order valence-corrected chi connectivity index (χ3v) is 3.63. The zero-order valence-corrected chi connectivity index (χ0v) is 11.9. The lowest BCUT2D eigenvalue weighted by atomic mass is 10.1. The van der Waals surface area contributed by atoms with E-state index in [0.717, 1.165) is 18.2 Å². The van der Waals surface area contributed by atoms with E-state index in [2.05, 4.69) is 9.44 Å². The largest absolute Gasteiger partial charge is 0.351 e. The molecule has 9 heteroatoms. The summed E-state index contributed by atoms with van der Waals surface area (Å²) in [5.41, 5.74) is 5.39. The lowest BCUT2D eigenvalue weighted by Crippen LogP contribution is -2.23. The highest BCUT2D eigenvalue weighted by molar-refractivity contribution is 7.98. The summed E-state index contributed by atoms with van der Waals surface area (Å²) in [4.78, 5) is 10.6. The van der Waals surface area contributed by atoms with Crippen molar-refractivity contribution in [1.29, 1.82) is 0 Å². The zero-order valence-electron chi connectivity index (χ0n) is 10.3. The molecule has 0 fully saturated rings. The minimum atomic E-state index is -3.52. The second-order valence-corrected chi connectivity index (χ2v) is 6.74. The van der Waals surface area contributed by atoms with Gasteiger partial charge < -0.3 is 5.73 Å².